The van der Waals surface area contributed by atoms with E-state index in [-0.39, 0.29) is 17.7 Å². The molecule has 0 fully saturated rings. The predicted octanol–water partition coefficient (Wildman–Crippen LogP) is 2.95. The molecule has 0 aliphatic rings. The molecule has 21 heavy (non-hydrogen) atoms. The monoisotopic (exact) mass is 306 g/mol. The first-order valence-corrected chi connectivity index (χ1v) is 5.87. The van der Waals surface area contributed by atoms with Crippen LogP contribution in [0.1, 0.15) is 18.1 Å². The van der Waals surface area contributed by atoms with Crippen LogP contribution in [0.25, 0.3) is 0 Å². The molecule has 0 bridgehead atoms. The Morgan fingerprint density at radius 1 is 1.43 bits per heavy atom. The van der Waals surface area contributed by atoms with Gasteiger partial charge in [0.05, 0.1) is 11.6 Å². The van der Waals surface area contributed by atoms with E-state index in [4.69, 9.17) is 5.26 Å². The van der Waals surface area contributed by atoms with Gasteiger partial charge >= 0.3 is 12.3 Å². The number of rotatable bonds is 5. The average molecular weight is 306 g/mol. The molecule has 0 atom stereocenters. The van der Waals surface area contributed by atoms with Crippen LogP contribution in [0, 0.1) is 17.1 Å². The number of benzene rings is 1. The normalized spacial score (nSPS) is 11.3. The van der Waals surface area contributed by atoms with Crippen molar-refractivity contribution in [2.24, 2.45) is 0 Å². The predicted molar refractivity (Wildman–Crippen MR) is 63.2 cm³/mol. The molecule has 0 aromatic heterocycles. The van der Waals surface area contributed by atoms with E-state index in [0.29, 0.717) is 4.90 Å². The van der Waals surface area contributed by atoms with Crippen LogP contribution in [0.5, 0.6) is 0 Å². The molecule has 0 aliphatic carbocycles. The summed E-state index contributed by atoms with van der Waals surface area (Å²) in [5.74, 6) is -7.76. The minimum Gasteiger partial charge on any atom is -0.333 e. The molecule has 1 rings (SSSR count). The van der Waals surface area contributed by atoms with Gasteiger partial charge in [-0.15, -0.1) is 0 Å². The molecule has 114 valence electrons. The van der Waals surface area contributed by atoms with Crippen LogP contribution < -0.4 is 0 Å². The van der Waals surface area contributed by atoms with Crippen molar-refractivity contribution in [2.45, 2.75) is 25.8 Å². The summed E-state index contributed by atoms with van der Waals surface area (Å²) < 4.78 is 64.0. The Bertz CT molecular complexity index is 568. The number of hydrogen-bond donors (Lipinski definition) is 0. The van der Waals surface area contributed by atoms with Crippen molar-refractivity contribution in [3.05, 3.63) is 35.1 Å². The number of alkyl halides is 4. The van der Waals surface area contributed by atoms with E-state index in [2.05, 4.69) is 0 Å². The molecule has 0 saturated heterocycles. The summed E-state index contributed by atoms with van der Waals surface area (Å²) in [4.78, 5) is 11.8. The van der Waals surface area contributed by atoms with Crippen molar-refractivity contribution >= 4 is 5.91 Å². The van der Waals surface area contributed by atoms with Crippen LogP contribution >= 0.6 is 0 Å². The lowest BCUT2D eigenvalue weighted by Gasteiger charge is -2.25. The van der Waals surface area contributed by atoms with Crippen molar-refractivity contribution in [1.82, 2.24) is 4.90 Å². The summed E-state index contributed by atoms with van der Waals surface area (Å²) in [6.07, 6.45) is -4.13. The third-order valence-corrected chi connectivity index (χ3v) is 2.77. The SMILES string of the molecule is CCN(Cc1ccc(C#N)cc1F)C(=O)C(F)(F)C(F)F. The molecule has 1 amide bonds. The molecule has 0 unspecified atom stereocenters. The van der Waals surface area contributed by atoms with Gasteiger partial charge in [0.25, 0.3) is 5.91 Å². The Morgan fingerprint density at radius 3 is 2.48 bits per heavy atom. The highest BCUT2D eigenvalue weighted by Gasteiger charge is 2.50. The third kappa shape index (κ3) is 3.68. The Labute approximate surface area is 117 Å². The smallest absolute Gasteiger partial charge is 0.333 e. The number of nitrogens with zero attached hydrogens (tertiary/aromatic N) is 2. The average Bonchev–Trinajstić information content (AvgIpc) is 2.44. The first-order valence-electron chi connectivity index (χ1n) is 5.87. The van der Waals surface area contributed by atoms with E-state index < -0.39 is 30.6 Å². The molecular weight excluding hydrogens is 295 g/mol. The number of carbonyl (C=O) groups excluding carboxylic acids is 1. The van der Waals surface area contributed by atoms with Gasteiger partial charge in [-0.25, -0.2) is 13.2 Å². The highest BCUT2D eigenvalue weighted by atomic mass is 19.3. The lowest BCUT2D eigenvalue weighted by molar-refractivity contribution is -0.181. The first-order chi connectivity index (χ1) is 9.73. The van der Waals surface area contributed by atoms with Gasteiger partial charge in [-0.2, -0.15) is 14.0 Å². The Balaban J connectivity index is 2.99. The minimum absolute atomic E-state index is 0.0172. The maximum absolute atomic E-state index is 13.6. The summed E-state index contributed by atoms with van der Waals surface area (Å²) in [7, 11) is 0. The second kappa shape index (κ2) is 6.52. The number of hydrogen-bond acceptors (Lipinski definition) is 2. The molecule has 0 radical (unpaired) electrons. The van der Waals surface area contributed by atoms with Gasteiger partial charge < -0.3 is 4.90 Å². The second-order valence-corrected chi connectivity index (χ2v) is 4.16. The molecule has 1 aromatic rings. The molecule has 3 nitrogen and oxygen atoms in total. The summed E-state index contributed by atoms with van der Waals surface area (Å²) >= 11 is 0. The lowest BCUT2D eigenvalue weighted by Crippen LogP contribution is -2.47. The van der Waals surface area contributed by atoms with Gasteiger partial charge in [-0.3, -0.25) is 4.79 Å². The van der Waals surface area contributed by atoms with Crippen molar-refractivity contribution in [2.75, 3.05) is 6.54 Å². The first kappa shape index (κ1) is 16.9. The third-order valence-electron chi connectivity index (χ3n) is 2.77. The number of carbonyl (C=O) groups is 1. The number of nitriles is 1. The summed E-state index contributed by atoms with van der Waals surface area (Å²) in [6, 6.07) is 4.94. The highest BCUT2D eigenvalue weighted by molar-refractivity contribution is 5.84. The van der Waals surface area contributed by atoms with Crippen LogP contribution in [0.15, 0.2) is 18.2 Å². The van der Waals surface area contributed by atoms with Crippen molar-refractivity contribution in [3.63, 3.8) is 0 Å². The van der Waals surface area contributed by atoms with Gasteiger partial charge in [0, 0.05) is 18.7 Å². The fraction of sp³-hybridized carbons (Fsp3) is 0.385. The summed E-state index contributed by atoms with van der Waals surface area (Å²) in [5, 5.41) is 8.57. The number of amides is 1. The van der Waals surface area contributed by atoms with E-state index in [9.17, 15) is 26.7 Å². The van der Waals surface area contributed by atoms with Crippen molar-refractivity contribution in [1.29, 1.82) is 5.26 Å². The Hall–Kier alpha value is -2.17. The van der Waals surface area contributed by atoms with Crippen LogP contribution in [-0.4, -0.2) is 29.7 Å². The standard InChI is InChI=1S/C13H11F5N2O/c1-2-20(12(21)13(17,18)11(15)16)7-9-4-3-8(6-19)5-10(9)14/h3-5,11H,2,7H2,1H3. The molecule has 0 spiro atoms. The summed E-state index contributed by atoms with van der Waals surface area (Å²) in [6.45, 7) is 0.427. The van der Waals surface area contributed by atoms with Gasteiger partial charge in [0.15, 0.2) is 0 Å². The number of halogens is 5. The van der Waals surface area contributed by atoms with E-state index >= 15 is 0 Å². The molecule has 0 heterocycles. The maximum atomic E-state index is 13.6. The molecule has 0 N–H and O–H groups in total. The van der Waals surface area contributed by atoms with Crippen LogP contribution in [0.3, 0.4) is 0 Å². The second-order valence-electron chi connectivity index (χ2n) is 4.16. The Morgan fingerprint density at radius 2 is 2.05 bits per heavy atom. The molecule has 1 aromatic carbocycles. The minimum atomic E-state index is -4.82. The van der Waals surface area contributed by atoms with E-state index in [1.54, 1.807) is 6.07 Å². The fourth-order valence-corrected chi connectivity index (χ4v) is 1.58. The zero-order chi connectivity index (χ0) is 16.2. The topological polar surface area (TPSA) is 44.1 Å². The van der Waals surface area contributed by atoms with E-state index in [1.807, 2.05) is 0 Å². The van der Waals surface area contributed by atoms with Crippen molar-refractivity contribution < 1.29 is 26.7 Å². The molecule has 0 aliphatic heterocycles. The highest BCUT2D eigenvalue weighted by Crippen LogP contribution is 2.26. The van der Waals surface area contributed by atoms with Crippen LogP contribution in [-0.2, 0) is 11.3 Å². The van der Waals surface area contributed by atoms with E-state index in [0.717, 1.165) is 12.1 Å². The zero-order valence-electron chi connectivity index (χ0n) is 10.9. The molecular formula is C13H11F5N2O. The van der Waals surface area contributed by atoms with Crippen molar-refractivity contribution in [3.8, 4) is 6.07 Å². The van der Waals surface area contributed by atoms with Crippen LogP contribution in [0.4, 0.5) is 22.0 Å². The fourth-order valence-electron chi connectivity index (χ4n) is 1.58. The van der Waals surface area contributed by atoms with Crippen LogP contribution in [0.2, 0.25) is 0 Å². The Kier molecular flexibility index (Phi) is 5.24. The van der Waals surface area contributed by atoms with E-state index in [1.165, 1.54) is 13.0 Å². The van der Waals surface area contributed by atoms with Gasteiger partial charge in [0.2, 0.25) is 0 Å². The van der Waals surface area contributed by atoms with Gasteiger partial charge in [-0.05, 0) is 19.1 Å². The quantitative estimate of drug-likeness (QED) is 0.785. The summed E-state index contributed by atoms with van der Waals surface area (Å²) in [5.41, 5.74) is -0.127. The zero-order valence-corrected chi connectivity index (χ0v) is 10.9. The van der Waals surface area contributed by atoms with Gasteiger partial charge in [0.1, 0.15) is 5.82 Å². The largest absolute Gasteiger partial charge is 0.383 e. The van der Waals surface area contributed by atoms with Gasteiger partial charge in [-0.1, -0.05) is 6.07 Å². The molecule has 8 heteroatoms. The molecule has 0 saturated carbocycles. The maximum Gasteiger partial charge on any atom is 0.383 e. The lowest BCUT2D eigenvalue weighted by atomic mass is 10.1.